The van der Waals surface area contributed by atoms with E-state index in [0.717, 1.165) is 17.8 Å². The van der Waals surface area contributed by atoms with Crippen LogP contribution in [0.15, 0.2) is 0 Å². The van der Waals surface area contributed by atoms with Gasteiger partial charge in [-0.3, -0.25) is 4.79 Å². The van der Waals surface area contributed by atoms with Crippen molar-refractivity contribution in [2.45, 2.75) is 65.0 Å². The van der Waals surface area contributed by atoms with Gasteiger partial charge in [-0.05, 0) is 64.7 Å². The minimum atomic E-state index is 0.00695. The Hall–Kier alpha value is -0.570. The van der Waals surface area contributed by atoms with Crippen LogP contribution in [0.2, 0.25) is 0 Å². The molecule has 18 heavy (non-hydrogen) atoms. The van der Waals surface area contributed by atoms with Crippen LogP contribution in [-0.4, -0.2) is 24.0 Å². The fourth-order valence-corrected chi connectivity index (χ4v) is 3.66. The van der Waals surface area contributed by atoms with Crippen molar-refractivity contribution in [1.29, 1.82) is 0 Å². The van der Waals surface area contributed by atoms with Crippen molar-refractivity contribution < 1.29 is 4.79 Å². The third-order valence-electron chi connectivity index (χ3n) is 4.60. The van der Waals surface area contributed by atoms with Crippen molar-refractivity contribution in [1.82, 2.24) is 10.6 Å². The van der Waals surface area contributed by atoms with Crippen LogP contribution in [0.25, 0.3) is 0 Å². The van der Waals surface area contributed by atoms with Gasteiger partial charge in [0, 0.05) is 11.6 Å². The SMILES string of the molecule is C[C@H](NC(=O)CNC(C)(C)C)[C@H]1C[C@H]2CC[C@H]1C2. The van der Waals surface area contributed by atoms with E-state index in [0.29, 0.717) is 12.6 Å². The molecule has 3 nitrogen and oxygen atoms in total. The second-order valence-electron chi connectivity index (χ2n) is 7.30. The molecule has 104 valence electrons. The summed E-state index contributed by atoms with van der Waals surface area (Å²) in [5.41, 5.74) is 0.00695. The Bertz CT molecular complexity index is 308. The molecule has 2 aliphatic rings. The molecule has 2 fully saturated rings. The number of rotatable bonds is 4. The first kappa shape index (κ1) is 13.9. The predicted octanol–water partition coefficient (Wildman–Crippen LogP) is 2.32. The van der Waals surface area contributed by atoms with E-state index in [2.05, 4.69) is 38.3 Å². The summed E-state index contributed by atoms with van der Waals surface area (Å²) in [5, 5.41) is 6.42. The average molecular weight is 252 g/mol. The number of amides is 1. The summed E-state index contributed by atoms with van der Waals surface area (Å²) in [4.78, 5) is 11.9. The second kappa shape index (κ2) is 5.20. The Morgan fingerprint density at radius 2 is 2.00 bits per heavy atom. The quantitative estimate of drug-likeness (QED) is 0.806. The highest BCUT2D eigenvalue weighted by Gasteiger charge is 2.42. The van der Waals surface area contributed by atoms with Gasteiger partial charge in [-0.1, -0.05) is 6.42 Å². The monoisotopic (exact) mass is 252 g/mol. The van der Waals surface area contributed by atoms with E-state index in [1.54, 1.807) is 0 Å². The minimum Gasteiger partial charge on any atom is -0.352 e. The average Bonchev–Trinajstić information content (AvgIpc) is 2.87. The summed E-state index contributed by atoms with van der Waals surface area (Å²) in [6, 6.07) is 0.342. The summed E-state index contributed by atoms with van der Waals surface area (Å²) < 4.78 is 0. The summed E-state index contributed by atoms with van der Waals surface area (Å²) >= 11 is 0. The van der Waals surface area contributed by atoms with E-state index in [4.69, 9.17) is 0 Å². The van der Waals surface area contributed by atoms with Crippen molar-refractivity contribution in [3.63, 3.8) is 0 Å². The number of hydrogen-bond donors (Lipinski definition) is 2. The molecular formula is C15H28N2O. The smallest absolute Gasteiger partial charge is 0.234 e. The normalized spacial score (nSPS) is 32.6. The fraction of sp³-hybridized carbons (Fsp3) is 0.933. The largest absolute Gasteiger partial charge is 0.352 e. The third-order valence-corrected chi connectivity index (χ3v) is 4.60. The molecule has 0 aliphatic heterocycles. The van der Waals surface area contributed by atoms with E-state index >= 15 is 0 Å². The van der Waals surface area contributed by atoms with Gasteiger partial charge in [-0.25, -0.2) is 0 Å². The first-order chi connectivity index (χ1) is 8.35. The van der Waals surface area contributed by atoms with E-state index in [1.807, 2.05) is 0 Å². The number of carbonyl (C=O) groups excluding carboxylic acids is 1. The third kappa shape index (κ3) is 3.47. The highest BCUT2D eigenvalue weighted by atomic mass is 16.2. The van der Waals surface area contributed by atoms with Crippen LogP contribution in [0, 0.1) is 17.8 Å². The molecule has 2 aliphatic carbocycles. The Morgan fingerprint density at radius 1 is 1.28 bits per heavy atom. The van der Waals surface area contributed by atoms with Crippen LogP contribution in [0.4, 0.5) is 0 Å². The number of hydrogen-bond acceptors (Lipinski definition) is 2. The van der Waals surface area contributed by atoms with Gasteiger partial charge in [-0.2, -0.15) is 0 Å². The van der Waals surface area contributed by atoms with Gasteiger partial charge in [0.1, 0.15) is 0 Å². The Morgan fingerprint density at radius 3 is 2.50 bits per heavy atom. The van der Waals surface area contributed by atoms with Gasteiger partial charge in [0.05, 0.1) is 6.54 Å². The van der Waals surface area contributed by atoms with Crippen LogP contribution in [-0.2, 0) is 4.79 Å². The fourth-order valence-electron chi connectivity index (χ4n) is 3.66. The first-order valence-corrected chi connectivity index (χ1v) is 7.39. The zero-order valence-corrected chi connectivity index (χ0v) is 12.3. The molecular weight excluding hydrogens is 224 g/mol. The summed E-state index contributed by atoms with van der Waals surface area (Å²) in [5.74, 6) is 2.69. The van der Waals surface area contributed by atoms with E-state index in [9.17, 15) is 4.79 Å². The van der Waals surface area contributed by atoms with Crippen molar-refractivity contribution in [3.8, 4) is 0 Å². The summed E-state index contributed by atoms with van der Waals surface area (Å²) in [6.07, 6.45) is 5.55. The van der Waals surface area contributed by atoms with Gasteiger partial charge >= 0.3 is 0 Å². The Balaban J connectivity index is 1.74. The van der Waals surface area contributed by atoms with Gasteiger partial charge in [0.25, 0.3) is 0 Å². The molecule has 0 spiro atoms. The molecule has 1 amide bonds. The standard InChI is InChI=1S/C15H28N2O/c1-10(13-8-11-5-6-12(13)7-11)17-14(18)9-16-15(2,3)4/h10-13,16H,5-9H2,1-4H3,(H,17,18)/t10-,11-,12-,13+/m0/s1. The molecule has 2 bridgehead atoms. The van der Waals surface area contributed by atoms with Gasteiger partial charge in [0.2, 0.25) is 5.91 Å². The maximum atomic E-state index is 11.9. The van der Waals surface area contributed by atoms with E-state index < -0.39 is 0 Å². The molecule has 0 heterocycles. The van der Waals surface area contributed by atoms with Gasteiger partial charge in [0.15, 0.2) is 0 Å². The molecule has 0 aromatic rings. The molecule has 2 saturated carbocycles. The van der Waals surface area contributed by atoms with Crippen LogP contribution in [0.1, 0.15) is 53.4 Å². The highest BCUT2D eigenvalue weighted by molar-refractivity contribution is 5.78. The lowest BCUT2D eigenvalue weighted by molar-refractivity contribution is -0.121. The van der Waals surface area contributed by atoms with Crippen LogP contribution in [0.3, 0.4) is 0 Å². The van der Waals surface area contributed by atoms with Crippen molar-refractivity contribution in [3.05, 3.63) is 0 Å². The number of nitrogens with one attached hydrogen (secondary N) is 2. The highest BCUT2D eigenvalue weighted by Crippen LogP contribution is 2.49. The van der Waals surface area contributed by atoms with E-state index in [-0.39, 0.29) is 11.4 Å². The zero-order chi connectivity index (χ0) is 13.3. The Labute approximate surface area is 111 Å². The lowest BCUT2D eigenvalue weighted by atomic mass is 9.84. The lowest BCUT2D eigenvalue weighted by Gasteiger charge is -2.29. The predicted molar refractivity (Wildman–Crippen MR) is 74.3 cm³/mol. The van der Waals surface area contributed by atoms with Gasteiger partial charge in [-0.15, -0.1) is 0 Å². The summed E-state index contributed by atoms with van der Waals surface area (Å²) in [6.45, 7) is 8.86. The molecule has 2 N–H and O–H groups in total. The summed E-state index contributed by atoms with van der Waals surface area (Å²) in [7, 11) is 0. The zero-order valence-electron chi connectivity index (χ0n) is 12.3. The van der Waals surface area contributed by atoms with Gasteiger partial charge < -0.3 is 10.6 Å². The second-order valence-corrected chi connectivity index (χ2v) is 7.30. The minimum absolute atomic E-state index is 0.00695. The lowest BCUT2D eigenvalue weighted by Crippen LogP contribution is -2.47. The maximum Gasteiger partial charge on any atom is 0.234 e. The molecule has 4 atom stereocenters. The maximum absolute atomic E-state index is 11.9. The molecule has 0 radical (unpaired) electrons. The Kier molecular flexibility index (Phi) is 4.00. The molecule has 3 heteroatoms. The first-order valence-electron chi connectivity index (χ1n) is 7.39. The topological polar surface area (TPSA) is 41.1 Å². The number of carbonyl (C=O) groups is 1. The molecule has 2 rings (SSSR count). The number of fused-ring (bicyclic) bond motifs is 2. The van der Waals surface area contributed by atoms with Crippen molar-refractivity contribution >= 4 is 5.91 Å². The molecule has 0 saturated heterocycles. The van der Waals surface area contributed by atoms with Crippen LogP contribution >= 0.6 is 0 Å². The van der Waals surface area contributed by atoms with Crippen LogP contribution in [0.5, 0.6) is 0 Å². The van der Waals surface area contributed by atoms with Crippen LogP contribution < -0.4 is 10.6 Å². The van der Waals surface area contributed by atoms with Crippen molar-refractivity contribution in [2.24, 2.45) is 17.8 Å². The molecule has 0 unspecified atom stereocenters. The molecule has 0 aromatic heterocycles. The van der Waals surface area contributed by atoms with Crippen molar-refractivity contribution in [2.75, 3.05) is 6.54 Å². The molecule has 0 aromatic carbocycles. The van der Waals surface area contributed by atoms with E-state index in [1.165, 1.54) is 25.7 Å².